The molecule has 8 nitrogen and oxygen atoms in total. The summed E-state index contributed by atoms with van der Waals surface area (Å²) < 4.78 is 26.1. The topological polar surface area (TPSA) is 102 Å². The van der Waals surface area contributed by atoms with Crippen molar-refractivity contribution in [2.75, 3.05) is 26.2 Å². The first kappa shape index (κ1) is 27.9. The summed E-state index contributed by atoms with van der Waals surface area (Å²) in [4.78, 5) is 40.2. The number of hydrogen-bond donors (Lipinski definition) is 1. The van der Waals surface area contributed by atoms with Gasteiger partial charge in [0.05, 0.1) is 6.61 Å². The molecule has 208 valence electrons. The van der Waals surface area contributed by atoms with E-state index in [1.807, 2.05) is 32.9 Å². The average molecular weight is 530 g/mol. The van der Waals surface area contributed by atoms with Crippen LogP contribution in [0.5, 0.6) is 5.75 Å². The Morgan fingerprint density at radius 2 is 1.82 bits per heavy atom. The second-order valence-corrected chi connectivity index (χ2v) is 11.7. The maximum atomic E-state index is 14.9. The molecule has 3 aliphatic rings. The van der Waals surface area contributed by atoms with E-state index in [2.05, 4.69) is 0 Å². The molecule has 38 heavy (non-hydrogen) atoms. The molecule has 1 aromatic rings. The fraction of sp³-hybridized carbons (Fsp3) is 0.621. The number of nitrogens with zero attached hydrogens (tertiary/aromatic N) is 2. The highest BCUT2D eigenvalue weighted by Crippen LogP contribution is 2.34. The number of carbonyl (C=O) groups excluding carboxylic acids is 3. The van der Waals surface area contributed by atoms with Gasteiger partial charge in [-0.1, -0.05) is 12.1 Å². The van der Waals surface area contributed by atoms with Gasteiger partial charge >= 0.3 is 6.09 Å². The number of piperidine rings is 1. The third-order valence-electron chi connectivity index (χ3n) is 7.67. The molecule has 0 bridgehead atoms. The number of halogens is 1. The number of benzene rings is 1. The normalized spacial score (nSPS) is 22.7. The second kappa shape index (κ2) is 11.7. The molecule has 0 spiro atoms. The number of hydrogen-bond acceptors (Lipinski definition) is 5. The van der Waals surface area contributed by atoms with Crippen LogP contribution in [0.2, 0.25) is 0 Å². The van der Waals surface area contributed by atoms with E-state index in [1.165, 1.54) is 6.07 Å². The third kappa shape index (κ3) is 6.85. The molecule has 9 heteroatoms. The van der Waals surface area contributed by atoms with Crippen molar-refractivity contribution in [2.24, 2.45) is 17.6 Å². The van der Waals surface area contributed by atoms with E-state index in [0.717, 1.165) is 30.4 Å². The SMILES string of the molecule is CC(C)(C)OC(=O)N1CCC(COc2ccc(C3=CCC(C(=O)N4CCCC4C(N)=O)CC3)cc2F)CC1. The summed E-state index contributed by atoms with van der Waals surface area (Å²) in [7, 11) is 0. The van der Waals surface area contributed by atoms with E-state index in [4.69, 9.17) is 15.2 Å². The molecule has 0 saturated carbocycles. The number of primary amides is 1. The highest BCUT2D eigenvalue weighted by atomic mass is 19.1. The Morgan fingerprint density at radius 3 is 2.42 bits per heavy atom. The lowest BCUT2D eigenvalue weighted by Gasteiger charge is -2.33. The molecule has 2 heterocycles. The molecule has 4 rings (SSSR count). The van der Waals surface area contributed by atoms with Gasteiger partial charge < -0.3 is 25.0 Å². The Kier molecular flexibility index (Phi) is 8.63. The molecule has 2 aliphatic heterocycles. The first-order valence-electron chi connectivity index (χ1n) is 13.7. The predicted octanol–water partition coefficient (Wildman–Crippen LogP) is 4.51. The van der Waals surface area contributed by atoms with E-state index in [1.54, 1.807) is 15.9 Å². The summed E-state index contributed by atoms with van der Waals surface area (Å²) in [6.45, 7) is 7.73. The smallest absolute Gasteiger partial charge is 0.410 e. The van der Waals surface area contributed by atoms with Crippen LogP contribution < -0.4 is 10.5 Å². The summed E-state index contributed by atoms with van der Waals surface area (Å²) in [5, 5.41) is 0. The zero-order valence-electron chi connectivity index (χ0n) is 22.7. The van der Waals surface area contributed by atoms with Crippen LogP contribution in [-0.4, -0.2) is 65.6 Å². The third-order valence-corrected chi connectivity index (χ3v) is 7.67. The number of rotatable bonds is 6. The second-order valence-electron chi connectivity index (χ2n) is 11.7. The van der Waals surface area contributed by atoms with Crippen molar-refractivity contribution in [3.8, 4) is 5.75 Å². The van der Waals surface area contributed by atoms with Gasteiger partial charge in [-0.25, -0.2) is 9.18 Å². The monoisotopic (exact) mass is 529 g/mol. The molecule has 2 saturated heterocycles. The Labute approximate surface area is 224 Å². The van der Waals surface area contributed by atoms with E-state index >= 15 is 0 Å². The van der Waals surface area contributed by atoms with Crippen LogP contribution in [-0.2, 0) is 14.3 Å². The quantitative estimate of drug-likeness (QED) is 0.584. The van der Waals surface area contributed by atoms with E-state index in [9.17, 15) is 18.8 Å². The number of likely N-dealkylation sites (tertiary alicyclic amines) is 2. The summed E-state index contributed by atoms with van der Waals surface area (Å²) in [5.41, 5.74) is 6.76. The molecule has 3 amide bonds. The highest BCUT2D eigenvalue weighted by molar-refractivity contribution is 5.88. The first-order valence-corrected chi connectivity index (χ1v) is 13.7. The Hall–Kier alpha value is -3.10. The van der Waals surface area contributed by atoms with Crippen LogP contribution in [0, 0.1) is 17.7 Å². The van der Waals surface area contributed by atoms with Crippen LogP contribution in [0.1, 0.15) is 71.3 Å². The first-order chi connectivity index (χ1) is 18.0. The lowest BCUT2D eigenvalue weighted by atomic mass is 9.85. The van der Waals surface area contributed by atoms with Crippen molar-refractivity contribution in [1.82, 2.24) is 9.80 Å². The molecule has 1 aliphatic carbocycles. The van der Waals surface area contributed by atoms with Crippen LogP contribution in [0.25, 0.3) is 5.57 Å². The van der Waals surface area contributed by atoms with Gasteiger partial charge in [0.15, 0.2) is 11.6 Å². The van der Waals surface area contributed by atoms with Gasteiger partial charge in [0.1, 0.15) is 11.6 Å². The number of nitrogens with two attached hydrogens (primary N) is 1. The zero-order valence-corrected chi connectivity index (χ0v) is 22.7. The van der Waals surface area contributed by atoms with Crippen molar-refractivity contribution in [2.45, 2.75) is 77.4 Å². The predicted molar refractivity (Wildman–Crippen MR) is 142 cm³/mol. The zero-order chi connectivity index (χ0) is 27.4. The summed E-state index contributed by atoms with van der Waals surface area (Å²) >= 11 is 0. The summed E-state index contributed by atoms with van der Waals surface area (Å²) in [5.74, 6) is -0.560. The highest BCUT2D eigenvalue weighted by Gasteiger charge is 2.36. The average Bonchev–Trinajstić information content (AvgIpc) is 3.37. The van der Waals surface area contributed by atoms with Gasteiger partial charge in [0.25, 0.3) is 0 Å². The van der Waals surface area contributed by atoms with E-state index in [0.29, 0.717) is 51.9 Å². The maximum absolute atomic E-state index is 14.9. The van der Waals surface area contributed by atoms with Crippen molar-refractivity contribution < 1.29 is 28.2 Å². The van der Waals surface area contributed by atoms with Gasteiger partial charge in [-0.3, -0.25) is 9.59 Å². The Bertz CT molecular complexity index is 1070. The summed E-state index contributed by atoms with van der Waals surface area (Å²) in [6.07, 6.45) is 6.60. The Morgan fingerprint density at radius 1 is 1.08 bits per heavy atom. The minimum absolute atomic E-state index is 0.00606. The fourth-order valence-electron chi connectivity index (χ4n) is 5.52. The van der Waals surface area contributed by atoms with Crippen molar-refractivity contribution >= 4 is 23.5 Å². The summed E-state index contributed by atoms with van der Waals surface area (Å²) in [6, 6.07) is 4.53. The van der Waals surface area contributed by atoms with Crippen molar-refractivity contribution in [3.63, 3.8) is 0 Å². The number of ether oxygens (including phenoxy) is 2. The van der Waals surface area contributed by atoms with E-state index in [-0.39, 0.29) is 29.6 Å². The van der Waals surface area contributed by atoms with Crippen LogP contribution in [0.15, 0.2) is 24.3 Å². The van der Waals surface area contributed by atoms with Gasteiger partial charge in [-0.15, -0.1) is 0 Å². The van der Waals surface area contributed by atoms with Crippen molar-refractivity contribution in [1.29, 1.82) is 0 Å². The molecular weight excluding hydrogens is 489 g/mol. The molecule has 0 radical (unpaired) electrons. The Balaban J connectivity index is 1.26. The minimum atomic E-state index is -0.517. The number of amides is 3. The maximum Gasteiger partial charge on any atom is 0.410 e. The lowest BCUT2D eigenvalue weighted by molar-refractivity contribution is -0.140. The number of carbonyl (C=O) groups is 3. The van der Waals surface area contributed by atoms with Gasteiger partial charge in [0, 0.05) is 25.6 Å². The molecule has 2 N–H and O–H groups in total. The van der Waals surface area contributed by atoms with Gasteiger partial charge in [0.2, 0.25) is 11.8 Å². The lowest BCUT2D eigenvalue weighted by Crippen LogP contribution is -2.46. The van der Waals surface area contributed by atoms with Gasteiger partial charge in [-0.05, 0) is 94.9 Å². The fourth-order valence-corrected chi connectivity index (χ4v) is 5.52. The van der Waals surface area contributed by atoms with Crippen molar-refractivity contribution in [3.05, 3.63) is 35.7 Å². The molecule has 1 aromatic carbocycles. The molecule has 0 aromatic heterocycles. The van der Waals surface area contributed by atoms with E-state index < -0.39 is 23.4 Å². The molecule has 2 unspecified atom stereocenters. The molecule has 2 atom stereocenters. The molecule has 2 fully saturated rings. The van der Waals surface area contributed by atoms with Crippen LogP contribution >= 0.6 is 0 Å². The standard InChI is InChI=1S/C29H40FN3O5/c1-29(2,3)38-28(36)32-15-12-19(13-16-32)18-37-25-11-10-22(17-23(25)30)20-6-8-21(9-7-20)27(35)33-14-4-5-24(33)26(31)34/h6,10-11,17,19,21,24H,4-5,7-9,12-16,18H2,1-3H3,(H2,31,34). The molecular formula is C29H40FN3O5. The van der Waals surface area contributed by atoms with Crippen LogP contribution in [0.4, 0.5) is 9.18 Å². The van der Waals surface area contributed by atoms with Gasteiger partial charge in [-0.2, -0.15) is 0 Å². The largest absolute Gasteiger partial charge is 0.490 e. The number of allylic oxidation sites excluding steroid dienone is 2. The minimum Gasteiger partial charge on any atom is -0.490 e. The van der Waals surface area contributed by atoms with Crippen LogP contribution in [0.3, 0.4) is 0 Å².